The molecule has 48 heavy (non-hydrogen) atoms. The third-order valence-electron chi connectivity index (χ3n) is 7.71. The average molecular weight is 638 g/mol. The number of carbonyl (C=O) groups excluding carboxylic acids is 12. The van der Waals surface area contributed by atoms with E-state index in [1.165, 1.54) is 0 Å². The van der Waals surface area contributed by atoms with Gasteiger partial charge in [0, 0.05) is 55.7 Å². The van der Waals surface area contributed by atoms with Gasteiger partial charge in [0.1, 0.15) is 0 Å². The van der Waals surface area contributed by atoms with Gasteiger partial charge in [-0.15, -0.1) is 0 Å². The van der Waals surface area contributed by atoms with Crippen molar-refractivity contribution in [2.75, 3.05) is 0 Å². The molecule has 0 aliphatic heterocycles. The highest BCUT2D eigenvalue weighted by Crippen LogP contribution is 2.40. The molecule has 0 aromatic heterocycles. The molecule has 0 spiro atoms. The number of allylic oxidation sites excluding steroid dienone is 24. The normalized spacial score (nSPS) is 21.7. The monoisotopic (exact) mass is 638 g/mol. The first kappa shape index (κ1) is 30.9. The zero-order valence-electron chi connectivity index (χ0n) is 24.0. The molecule has 0 aromatic rings. The van der Waals surface area contributed by atoms with Crippen molar-refractivity contribution >= 4 is 69.4 Å². The van der Waals surface area contributed by atoms with E-state index in [9.17, 15) is 57.5 Å². The number of hydrogen-bond donors (Lipinski definition) is 0. The second kappa shape index (κ2) is 11.4. The van der Waals surface area contributed by atoms with Gasteiger partial charge >= 0.3 is 0 Å². The largest absolute Gasteiger partial charge is 0.290 e. The molecule has 6 aliphatic rings. The summed E-state index contributed by atoms with van der Waals surface area (Å²) in [5.41, 5.74) is -8.02. The standard InChI is InChI=1S/C36H14O12/c37-15-1-3-19(39)17(13-15)29-21(41)5-7-23(43)31(29)33-25(45)9-11-27(47)35(33)36-28(48)12-10-26(46)34(36)32-24(44)8-6-22(42)30(32)18-14-16(38)2-4-20(18)40/h1-14H. The van der Waals surface area contributed by atoms with E-state index in [0.29, 0.717) is 24.3 Å². The molecule has 6 aliphatic carbocycles. The quantitative estimate of drug-likeness (QED) is 0.372. The van der Waals surface area contributed by atoms with Crippen LogP contribution in [0.2, 0.25) is 0 Å². The Morgan fingerprint density at radius 2 is 0.396 bits per heavy atom. The van der Waals surface area contributed by atoms with Crippen molar-refractivity contribution in [1.82, 2.24) is 0 Å². The zero-order valence-corrected chi connectivity index (χ0v) is 24.0. The van der Waals surface area contributed by atoms with Crippen LogP contribution in [0.25, 0.3) is 0 Å². The van der Waals surface area contributed by atoms with E-state index < -0.39 is 125 Å². The Labute approximate surface area is 267 Å². The summed E-state index contributed by atoms with van der Waals surface area (Å²) in [6, 6.07) is 0. The number of carbonyl (C=O) groups is 12. The summed E-state index contributed by atoms with van der Waals surface area (Å²) >= 11 is 0. The molecule has 0 heterocycles. The first-order valence-electron chi connectivity index (χ1n) is 13.8. The molecule has 0 radical (unpaired) electrons. The van der Waals surface area contributed by atoms with Crippen LogP contribution in [0.4, 0.5) is 0 Å². The second-order valence-corrected chi connectivity index (χ2v) is 10.6. The van der Waals surface area contributed by atoms with Crippen molar-refractivity contribution in [3.8, 4) is 0 Å². The molecular formula is C36H14O12. The predicted molar refractivity (Wildman–Crippen MR) is 159 cm³/mol. The van der Waals surface area contributed by atoms with E-state index >= 15 is 0 Å². The predicted octanol–water partition coefficient (Wildman–Crippen LogP) is 0.274. The van der Waals surface area contributed by atoms with Crippen LogP contribution >= 0.6 is 0 Å². The van der Waals surface area contributed by atoms with E-state index in [-0.39, 0.29) is 0 Å². The van der Waals surface area contributed by atoms with Gasteiger partial charge in [-0.3, -0.25) is 57.5 Å². The minimum atomic E-state index is -1.16. The van der Waals surface area contributed by atoms with Crippen LogP contribution in [0.1, 0.15) is 0 Å². The SMILES string of the molecule is O=C1C=CC(=O)C(C2=C(C3=C(C4=C(C5=C(C6=CC(=O)C=CC6=O)C(=O)C=CC5=O)C(=O)C=CC4=O)C(=O)C=CC3=O)C(=O)C=CC2=O)=C1. The Morgan fingerprint density at radius 3 is 0.646 bits per heavy atom. The second-order valence-electron chi connectivity index (χ2n) is 10.6. The highest BCUT2D eigenvalue weighted by Gasteiger charge is 2.43. The Kier molecular flexibility index (Phi) is 7.33. The summed E-state index contributed by atoms with van der Waals surface area (Å²) in [7, 11) is 0. The summed E-state index contributed by atoms with van der Waals surface area (Å²) in [5, 5.41) is 0. The number of ketones is 12. The molecule has 0 fully saturated rings. The van der Waals surface area contributed by atoms with Crippen LogP contribution < -0.4 is 0 Å². The molecule has 0 saturated heterocycles. The Balaban J connectivity index is 1.77. The summed E-state index contributed by atoms with van der Waals surface area (Å²) < 4.78 is 0. The highest BCUT2D eigenvalue weighted by molar-refractivity contribution is 6.41. The maximum Gasteiger partial charge on any atom is 0.187 e. The third-order valence-corrected chi connectivity index (χ3v) is 7.71. The smallest absolute Gasteiger partial charge is 0.187 e. The maximum atomic E-state index is 13.7. The van der Waals surface area contributed by atoms with E-state index in [2.05, 4.69) is 0 Å². The molecule has 12 nitrogen and oxygen atoms in total. The summed E-state index contributed by atoms with van der Waals surface area (Å²) in [6.07, 6.45) is 10.8. The fourth-order valence-corrected chi connectivity index (χ4v) is 5.69. The van der Waals surface area contributed by atoms with Gasteiger partial charge in [0.05, 0.1) is 0 Å². The fraction of sp³-hybridized carbons (Fsp3) is 0. The molecule has 0 atom stereocenters. The van der Waals surface area contributed by atoms with E-state index in [0.717, 1.165) is 60.8 Å². The van der Waals surface area contributed by atoms with Crippen molar-refractivity contribution in [2.45, 2.75) is 0 Å². The summed E-state index contributed by atoms with van der Waals surface area (Å²) in [6.45, 7) is 0. The van der Waals surface area contributed by atoms with Crippen molar-refractivity contribution in [1.29, 1.82) is 0 Å². The lowest BCUT2D eigenvalue weighted by molar-refractivity contribution is -0.118. The van der Waals surface area contributed by atoms with Gasteiger partial charge in [0.2, 0.25) is 0 Å². The van der Waals surface area contributed by atoms with Gasteiger partial charge in [-0.2, -0.15) is 0 Å². The zero-order chi connectivity index (χ0) is 34.6. The van der Waals surface area contributed by atoms with Crippen molar-refractivity contribution < 1.29 is 57.5 Å². The lowest BCUT2D eigenvalue weighted by atomic mass is 9.72. The van der Waals surface area contributed by atoms with Crippen LogP contribution in [0.5, 0.6) is 0 Å². The van der Waals surface area contributed by atoms with Crippen LogP contribution in [-0.4, -0.2) is 69.4 Å². The Bertz CT molecular complexity index is 2140. The fourth-order valence-electron chi connectivity index (χ4n) is 5.69. The minimum Gasteiger partial charge on any atom is -0.290 e. The topological polar surface area (TPSA) is 205 Å². The van der Waals surface area contributed by atoms with Crippen molar-refractivity contribution in [3.63, 3.8) is 0 Å². The van der Waals surface area contributed by atoms with Crippen LogP contribution in [0.3, 0.4) is 0 Å². The van der Waals surface area contributed by atoms with E-state index in [1.807, 2.05) is 0 Å². The minimum absolute atomic E-state index is 0.592. The van der Waals surface area contributed by atoms with Crippen LogP contribution in [0.15, 0.2) is 141 Å². The average Bonchev–Trinajstić information content (AvgIpc) is 3.04. The van der Waals surface area contributed by atoms with E-state index in [4.69, 9.17) is 0 Å². The molecule has 0 saturated carbocycles. The van der Waals surface area contributed by atoms with Gasteiger partial charge in [0.15, 0.2) is 69.4 Å². The maximum absolute atomic E-state index is 13.7. The first-order valence-corrected chi connectivity index (χ1v) is 13.8. The Hall–Kier alpha value is -7.08. The first-order chi connectivity index (χ1) is 22.8. The summed E-state index contributed by atoms with van der Waals surface area (Å²) in [4.78, 5) is 158. The van der Waals surface area contributed by atoms with Crippen LogP contribution in [0, 0.1) is 0 Å². The Morgan fingerprint density at radius 1 is 0.208 bits per heavy atom. The summed E-state index contributed by atoms with van der Waals surface area (Å²) in [5.74, 6) is -12.1. The molecular weight excluding hydrogens is 624 g/mol. The highest BCUT2D eigenvalue weighted by atomic mass is 16.2. The van der Waals surface area contributed by atoms with Gasteiger partial charge < -0.3 is 0 Å². The van der Waals surface area contributed by atoms with Gasteiger partial charge in [-0.05, 0) is 85.1 Å². The molecule has 0 aromatic carbocycles. The molecule has 0 bridgehead atoms. The molecule has 0 N–H and O–H groups in total. The van der Waals surface area contributed by atoms with Gasteiger partial charge in [0.25, 0.3) is 0 Å². The number of hydrogen-bond acceptors (Lipinski definition) is 12. The molecule has 6 rings (SSSR count). The van der Waals surface area contributed by atoms with Crippen molar-refractivity contribution in [2.24, 2.45) is 0 Å². The van der Waals surface area contributed by atoms with E-state index in [1.54, 1.807) is 0 Å². The molecule has 0 unspecified atom stereocenters. The third kappa shape index (κ3) is 4.90. The van der Waals surface area contributed by atoms with Gasteiger partial charge in [-0.1, -0.05) is 0 Å². The number of rotatable bonds is 5. The van der Waals surface area contributed by atoms with Crippen LogP contribution in [-0.2, 0) is 57.5 Å². The molecule has 230 valence electrons. The lowest BCUT2D eigenvalue weighted by Gasteiger charge is -2.26. The van der Waals surface area contributed by atoms with Crippen molar-refractivity contribution in [3.05, 3.63) is 141 Å². The van der Waals surface area contributed by atoms with Gasteiger partial charge in [-0.25, -0.2) is 0 Å². The lowest BCUT2D eigenvalue weighted by Crippen LogP contribution is -2.31. The molecule has 0 amide bonds. The molecule has 12 heteroatoms.